The molecule has 0 spiro atoms. The first-order valence-electron chi connectivity index (χ1n) is 4.98. The second-order valence-electron chi connectivity index (χ2n) is 3.36. The predicted octanol–water partition coefficient (Wildman–Crippen LogP) is 2.07. The monoisotopic (exact) mass is 285 g/mol. The van der Waals surface area contributed by atoms with E-state index >= 15 is 0 Å². The Morgan fingerprint density at radius 3 is 2.94 bits per heavy atom. The number of hydrogen-bond acceptors (Lipinski definition) is 5. The van der Waals surface area contributed by atoms with Gasteiger partial charge in [0, 0.05) is 19.9 Å². The third-order valence-corrected chi connectivity index (χ3v) is 2.45. The van der Waals surface area contributed by atoms with Crippen molar-refractivity contribution in [3.63, 3.8) is 0 Å². The molecule has 1 N–H and O–H groups in total. The Hall–Kier alpha value is -1.14. The van der Waals surface area contributed by atoms with Crippen molar-refractivity contribution in [1.82, 2.24) is 15.5 Å². The Labute approximate surface area is 101 Å². The minimum absolute atomic E-state index is 0.602. The van der Waals surface area contributed by atoms with Crippen LogP contribution in [-0.4, -0.2) is 16.7 Å². The molecule has 2 aromatic rings. The van der Waals surface area contributed by atoms with E-state index in [0.717, 1.165) is 29.2 Å². The molecule has 16 heavy (non-hydrogen) atoms. The van der Waals surface area contributed by atoms with Gasteiger partial charge in [0.05, 0.1) is 6.54 Å². The normalized spacial score (nSPS) is 10.9. The molecule has 2 rings (SSSR count). The smallest absolute Gasteiger partial charge is 0.223 e. The number of furan rings is 1. The lowest BCUT2D eigenvalue weighted by Crippen LogP contribution is -2.16. The van der Waals surface area contributed by atoms with Crippen molar-refractivity contribution in [2.45, 2.75) is 19.9 Å². The number of rotatable bonds is 5. The summed E-state index contributed by atoms with van der Waals surface area (Å²) in [4.78, 5) is 4.11. The molecule has 0 saturated heterocycles. The number of nitrogens with one attached hydrogen (secondary N) is 1. The van der Waals surface area contributed by atoms with Gasteiger partial charge in [0.15, 0.2) is 10.5 Å². The molecular formula is C10H12BrN3O2. The van der Waals surface area contributed by atoms with Crippen molar-refractivity contribution >= 4 is 15.9 Å². The summed E-state index contributed by atoms with van der Waals surface area (Å²) >= 11 is 3.25. The van der Waals surface area contributed by atoms with E-state index in [1.54, 1.807) is 6.92 Å². The van der Waals surface area contributed by atoms with Gasteiger partial charge in [-0.1, -0.05) is 5.16 Å². The summed E-state index contributed by atoms with van der Waals surface area (Å²) in [7, 11) is 0. The SMILES string of the molecule is Cc1nc(CCNCc2ccc(Br)o2)no1. The zero-order chi connectivity index (χ0) is 11.4. The van der Waals surface area contributed by atoms with Crippen LogP contribution in [0.5, 0.6) is 0 Å². The molecule has 86 valence electrons. The van der Waals surface area contributed by atoms with E-state index in [-0.39, 0.29) is 0 Å². The lowest BCUT2D eigenvalue weighted by Gasteiger charge is -1.99. The van der Waals surface area contributed by atoms with Crippen molar-refractivity contribution in [3.05, 3.63) is 34.3 Å². The minimum atomic E-state index is 0.602. The van der Waals surface area contributed by atoms with Crippen LogP contribution in [0.3, 0.4) is 0 Å². The van der Waals surface area contributed by atoms with Gasteiger partial charge in [-0.25, -0.2) is 0 Å². The van der Waals surface area contributed by atoms with Gasteiger partial charge < -0.3 is 14.3 Å². The van der Waals surface area contributed by atoms with Crippen LogP contribution >= 0.6 is 15.9 Å². The Bertz CT molecular complexity index is 410. The Kier molecular flexibility index (Phi) is 3.74. The lowest BCUT2D eigenvalue weighted by molar-refractivity contribution is 0.386. The first-order chi connectivity index (χ1) is 7.74. The highest BCUT2D eigenvalue weighted by Crippen LogP contribution is 2.13. The summed E-state index contributed by atoms with van der Waals surface area (Å²) in [6.07, 6.45) is 0.749. The summed E-state index contributed by atoms with van der Waals surface area (Å²) in [6, 6.07) is 3.80. The summed E-state index contributed by atoms with van der Waals surface area (Å²) < 4.78 is 11.0. The quantitative estimate of drug-likeness (QED) is 0.852. The Morgan fingerprint density at radius 1 is 1.44 bits per heavy atom. The van der Waals surface area contributed by atoms with Gasteiger partial charge in [0.2, 0.25) is 5.89 Å². The van der Waals surface area contributed by atoms with E-state index in [1.807, 2.05) is 12.1 Å². The van der Waals surface area contributed by atoms with Gasteiger partial charge in [-0.15, -0.1) is 0 Å². The highest BCUT2D eigenvalue weighted by atomic mass is 79.9. The molecule has 0 aliphatic carbocycles. The average molecular weight is 286 g/mol. The molecular weight excluding hydrogens is 274 g/mol. The van der Waals surface area contributed by atoms with E-state index in [2.05, 4.69) is 31.4 Å². The number of halogens is 1. The minimum Gasteiger partial charge on any atom is -0.453 e. The van der Waals surface area contributed by atoms with Crippen LogP contribution in [0.4, 0.5) is 0 Å². The van der Waals surface area contributed by atoms with Crippen molar-refractivity contribution in [3.8, 4) is 0 Å². The van der Waals surface area contributed by atoms with Crippen LogP contribution in [0.15, 0.2) is 25.7 Å². The maximum Gasteiger partial charge on any atom is 0.223 e. The molecule has 0 fully saturated rings. The summed E-state index contributed by atoms with van der Waals surface area (Å²) in [5.74, 6) is 2.23. The molecule has 0 aliphatic rings. The Balaban J connectivity index is 1.69. The third kappa shape index (κ3) is 3.18. The van der Waals surface area contributed by atoms with Gasteiger partial charge >= 0.3 is 0 Å². The third-order valence-electron chi connectivity index (χ3n) is 2.02. The molecule has 0 radical (unpaired) electrons. The topological polar surface area (TPSA) is 64.1 Å². The van der Waals surface area contributed by atoms with E-state index in [0.29, 0.717) is 12.4 Å². The van der Waals surface area contributed by atoms with Crippen LogP contribution in [0.25, 0.3) is 0 Å². The number of nitrogens with zero attached hydrogens (tertiary/aromatic N) is 2. The highest BCUT2D eigenvalue weighted by molar-refractivity contribution is 9.10. The molecule has 0 aliphatic heterocycles. The van der Waals surface area contributed by atoms with E-state index < -0.39 is 0 Å². The molecule has 2 heterocycles. The van der Waals surface area contributed by atoms with E-state index in [4.69, 9.17) is 8.94 Å². The summed E-state index contributed by atoms with van der Waals surface area (Å²) in [5.41, 5.74) is 0. The second kappa shape index (κ2) is 5.27. The van der Waals surface area contributed by atoms with Crippen molar-refractivity contribution in [2.24, 2.45) is 0 Å². The standard InChI is InChI=1S/C10H12BrN3O2/c1-7-13-10(14-16-7)4-5-12-6-8-2-3-9(11)15-8/h2-3,12H,4-6H2,1H3. The first-order valence-corrected chi connectivity index (χ1v) is 5.77. The van der Waals surface area contributed by atoms with E-state index in [9.17, 15) is 0 Å². The first kappa shape index (κ1) is 11.3. The number of aryl methyl sites for hydroxylation is 1. The largest absolute Gasteiger partial charge is 0.453 e. The van der Waals surface area contributed by atoms with E-state index in [1.165, 1.54) is 0 Å². The lowest BCUT2D eigenvalue weighted by atomic mass is 10.4. The van der Waals surface area contributed by atoms with Crippen LogP contribution in [0.1, 0.15) is 17.5 Å². The number of aromatic nitrogens is 2. The van der Waals surface area contributed by atoms with Crippen LogP contribution in [-0.2, 0) is 13.0 Å². The van der Waals surface area contributed by atoms with Crippen LogP contribution in [0, 0.1) is 6.92 Å². The molecule has 0 aromatic carbocycles. The fraction of sp³-hybridized carbons (Fsp3) is 0.400. The molecule has 5 nitrogen and oxygen atoms in total. The fourth-order valence-corrected chi connectivity index (χ4v) is 1.64. The zero-order valence-corrected chi connectivity index (χ0v) is 10.5. The average Bonchev–Trinajstić information content (AvgIpc) is 2.83. The van der Waals surface area contributed by atoms with Crippen molar-refractivity contribution in [1.29, 1.82) is 0 Å². The molecule has 0 saturated carbocycles. The predicted molar refractivity (Wildman–Crippen MR) is 60.9 cm³/mol. The molecule has 0 amide bonds. The summed E-state index contributed by atoms with van der Waals surface area (Å²) in [6.45, 7) is 3.27. The Morgan fingerprint density at radius 2 is 2.31 bits per heavy atom. The molecule has 0 atom stereocenters. The molecule has 6 heteroatoms. The van der Waals surface area contributed by atoms with Gasteiger partial charge in [-0.3, -0.25) is 0 Å². The maximum atomic E-state index is 5.34. The second-order valence-corrected chi connectivity index (χ2v) is 4.14. The molecule has 2 aromatic heterocycles. The summed E-state index contributed by atoms with van der Waals surface area (Å²) in [5, 5.41) is 7.04. The van der Waals surface area contributed by atoms with Crippen molar-refractivity contribution < 1.29 is 8.94 Å². The number of hydrogen-bond donors (Lipinski definition) is 1. The van der Waals surface area contributed by atoms with Gasteiger partial charge in [0.25, 0.3) is 0 Å². The fourth-order valence-electron chi connectivity index (χ4n) is 1.30. The van der Waals surface area contributed by atoms with Crippen LogP contribution < -0.4 is 5.32 Å². The van der Waals surface area contributed by atoms with Crippen molar-refractivity contribution in [2.75, 3.05) is 6.54 Å². The molecule has 0 bridgehead atoms. The maximum absolute atomic E-state index is 5.34. The zero-order valence-electron chi connectivity index (χ0n) is 8.86. The van der Waals surface area contributed by atoms with Crippen LogP contribution in [0.2, 0.25) is 0 Å². The molecule has 0 unspecified atom stereocenters. The van der Waals surface area contributed by atoms with Gasteiger partial charge in [-0.2, -0.15) is 4.98 Å². The van der Waals surface area contributed by atoms with Gasteiger partial charge in [-0.05, 0) is 28.1 Å². The van der Waals surface area contributed by atoms with Gasteiger partial charge in [0.1, 0.15) is 5.76 Å². The highest BCUT2D eigenvalue weighted by Gasteiger charge is 2.02.